The molecule has 0 saturated carbocycles. The third kappa shape index (κ3) is 8.86. The van der Waals surface area contributed by atoms with Crippen molar-refractivity contribution in [3.05, 3.63) is 160 Å². The fourth-order valence-corrected chi connectivity index (χ4v) is 9.96. The molecule has 0 radical (unpaired) electrons. The summed E-state index contributed by atoms with van der Waals surface area (Å²) in [6.07, 6.45) is 17.9. The number of nitrogens with two attached hydrogens (primary N) is 1. The molecule has 2 aromatic carbocycles. The SMILES string of the molecule is CN(C)c1cnn2c(Cl)cc(-c3cncc(F)c3)nc12.CN(C)c1cnn2c(N[C@@H]3CCC4=C(C3)c3ccccc3C4)cc(-c3cncc(F)c3)nc12.N[C@@H]1CCC2=C(C1)c1ccccc1C2. The number of allylic oxidation sites excluding steroid dienone is 2. The van der Waals surface area contributed by atoms with Crippen molar-refractivity contribution in [2.75, 3.05) is 43.3 Å². The van der Waals surface area contributed by atoms with Crippen molar-refractivity contribution < 1.29 is 8.78 Å². The highest BCUT2D eigenvalue weighted by atomic mass is 35.5. The van der Waals surface area contributed by atoms with E-state index in [1.165, 1.54) is 69.9 Å². The number of aromatic nitrogens is 8. The lowest BCUT2D eigenvalue weighted by Gasteiger charge is -2.26. The quantitative estimate of drug-likeness (QED) is 0.156. The smallest absolute Gasteiger partial charge is 0.181 e. The third-order valence-corrected chi connectivity index (χ3v) is 13.3. The predicted octanol–water partition coefficient (Wildman–Crippen LogP) is 10.1. The van der Waals surface area contributed by atoms with Crippen LogP contribution in [0.25, 0.3) is 45.0 Å². The summed E-state index contributed by atoms with van der Waals surface area (Å²) in [5.41, 5.74) is 23.6. The van der Waals surface area contributed by atoms with E-state index in [4.69, 9.17) is 22.3 Å². The highest BCUT2D eigenvalue weighted by Crippen LogP contribution is 2.43. The standard InChI is InChI=1S/C26H25FN6.C13H11ClFN5.C13H15N/c1-32(2)24-15-29-33-25(12-23(31-26(24)33)18-10-19(27)14-28-13-18)30-20-8-7-17-9-16-5-3-4-6-21(16)22(17)11-20;1-19(2)11-7-17-20-12(14)4-10(18-13(11)20)8-3-9(15)6-16-5-8;14-11-6-5-10-7-9-3-1-2-4-12(9)13(10)8-11/h3-6,10,12-15,20,30H,7-9,11H2,1-2H3;3-7H,1-2H3;1-4,11H,5-8,14H2/t20-;;11-/m1.1/s1. The lowest BCUT2D eigenvalue weighted by atomic mass is 9.88. The van der Waals surface area contributed by atoms with Crippen molar-refractivity contribution in [1.82, 2.24) is 39.2 Å². The number of hydrogen-bond donors (Lipinski definition) is 2. The molecule has 6 aromatic heterocycles. The summed E-state index contributed by atoms with van der Waals surface area (Å²) in [5, 5.41) is 12.9. The van der Waals surface area contributed by atoms with Gasteiger partial charge in [0.1, 0.15) is 34.0 Å². The van der Waals surface area contributed by atoms with Gasteiger partial charge in [-0.25, -0.2) is 23.3 Å². The minimum absolute atomic E-state index is 0.283. The lowest BCUT2D eigenvalue weighted by molar-refractivity contribution is 0.600. The summed E-state index contributed by atoms with van der Waals surface area (Å²) in [5.74, 6) is 0.0611. The zero-order valence-corrected chi connectivity index (χ0v) is 38.6. The van der Waals surface area contributed by atoms with Crippen molar-refractivity contribution >= 4 is 51.2 Å². The number of fused-ring (bicyclic) bond motifs is 6. The van der Waals surface area contributed by atoms with E-state index in [9.17, 15) is 8.78 Å². The molecule has 67 heavy (non-hydrogen) atoms. The van der Waals surface area contributed by atoms with Crippen molar-refractivity contribution in [1.29, 1.82) is 0 Å². The maximum absolute atomic E-state index is 13.9. The first-order valence-electron chi connectivity index (χ1n) is 22.6. The second kappa shape index (κ2) is 18.3. The molecule has 8 aromatic rings. The van der Waals surface area contributed by atoms with Crippen LogP contribution in [0.1, 0.15) is 60.8 Å². The first-order chi connectivity index (χ1) is 32.5. The number of halogens is 3. The molecule has 4 aliphatic rings. The normalized spacial score (nSPS) is 17.0. The number of anilines is 3. The molecule has 0 saturated heterocycles. The van der Waals surface area contributed by atoms with Crippen LogP contribution in [0.4, 0.5) is 26.0 Å². The molecule has 12 rings (SSSR count). The Morgan fingerprint density at radius 3 is 1.75 bits per heavy atom. The number of pyridine rings is 2. The van der Waals surface area contributed by atoms with Gasteiger partial charge in [0, 0.05) is 75.9 Å². The molecule has 0 unspecified atom stereocenters. The van der Waals surface area contributed by atoms with Crippen LogP contribution < -0.4 is 20.9 Å². The molecule has 3 N–H and O–H groups in total. The van der Waals surface area contributed by atoms with Gasteiger partial charge in [-0.2, -0.15) is 14.7 Å². The van der Waals surface area contributed by atoms with Crippen LogP contribution in [0.15, 0.2) is 121 Å². The van der Waals surface area contributed by atoms with Crippen molar-refractivity contribution in [2.24, 2.45) is 5.73 Å². The molecule has 340 valence electrons. The van der Waals surface area contributed by atoms with E-state index in [-0.39, 0.29) is 11.9 Å². The van der Waals surface area contributed by atoms with Crippen molar-refractivity contribution in [3.63, 3.8) is 0 Å². The molecule has 2 atom stereocenters. The van der Waals surface area contributed by atoms with Crippen molar-refractivity contribution in [2.45, 2.75) is 63.5 Å². The molecule has 0 fully saturated rings. The molecular weight excluding hydrogens is 866 g/mol. The van der Waals surface area contributed by atoms with E-state index >= 15 is 0 Å². The Balaban J connectivity index is 0.000000130. The Bertz CT molecular complexity index is 3230. The Labute approximate surface area is 392 Å². The van der Waals surface area contributed by atoms with Crippen molar-refractivity contribution in [3.8, 4) is 22.5 Å². The Hall–Kier alpha value is -7.03. The van der Waals surface area contributed by atoms with E-state index < -0.39 is 5.82 Å². The summed E-state index contributed by atoms with van der Waals surface area (Å²) in [6.45, 7) is 0. The minimum atomic E-state index is -0.415. The van der Waals surface area contributed by atoms with Gasteiger partial charge in [0.2, 0.25) is 0 Å². The maximum atomic E-state index is 13.9. The highest BCUT2D eigenvalue weighted by molar-refractivity contribution is 6.30. The molecule has 12 nitrogen and oxygen atoms in total. The molecule has 4 aliphatic carbocycles. The number of rotatable bonds is 6. The average molecular weight is 918 g/mol. The van der Waals surface area contributed by atoms with Crippen LogP contribution in [-0.4, -0.2) is 79.4 Å². The van der Waals surface area contributed by atoms with Gasteiger partial charge in [-0.15, -0.1) is 0 Å². The predicted molar refractivity (Wildman–Crippen MR) is 263 cm³/mol. The summed E-state index contributed by atoms with van der Waals surface area (Å²) >= 11 is 6.20. The van der Waals surface area contributed by atoms with Gasteiger partial charge >= 0.3 is 0 Å². The summed E-state index contributed by atoms with van der Waals surface area (Å²) in [6, 6.07) is 24.6. The second-order valence-electron chi connectivity index (χ2n) is 18.0. The first-order valence-corrected chi connectivity index (χ1v) is 22.9. The van der Waals surface area contributed by atoms with Gasteiger partial charge in [-0.1, -0.05) is 71.3 Å². The van der Waals surface area contributed by atoms with Gasteiger partial charge in [0.05, 0.1) is 36.2 Å². The van der Waals surface area contributed by atoms with E-state index in [0.717, 1.165) is 61.1 Å². The van der Waals surface area contributed by atoms with Crippen LogP contribution in [0, 0.1) is 11.6 Å². The van der Waals surface area contributed by atoms with Crippen LogP contribution in [0.3, 0.4) is 0 Å². The Kier molecular flexibility index (Phi) is 12.0. The van der Waals surface area contributed by atoms with E-state index in [0.29, 0.717) is 39.4 Å². The first kappa shape index (κ1) is 43.8. The molecule has 6 heterocycles. The monoisotopic (exact) mass is 916 g/mol. The van der Waals surface area contributed by atoms with E-state index in [1.807, 2.05) is 54.8 Å². The fraction of sp³-hybridized carbons (Fsp3) is 0.269. The number of hydrogen-bond acceptors (Lipinski definition) is 10. The number of nitrogens with one attached hydrogen (secondary N) is 1. The molecule has 0 amide bonds. The molecule has 0 aliphatic heterocycles. The van der Waals surface area contributed by atoms with Gasteiger partial charge < -0.3 is 20.9 Å². The van der Waals surface area contributed by atoms with E-state index in [2.05, 4.69) is 79.0 Å². The fourth-order valence-electron chi connectivity index (χ4n) is 9.73. The van der Waals surface area contributed by atoms with Gasteiger partial charge in [-0.3, -0.25) is 9.97 Å². The second-order valence-corrected chi connectivity index (χ2v) is 18.4. The largest absolute Gasteiger partial charge is 0.373 e. The van der Waals surface area contributed by atoms with Crippen LogP contribution in [-0.2, 0) is 12.8 Å². The summed E-state index contributed by atoms with van der Waals surface area (Å²) in [7, 11) is 7.72. The number of nitrogens with zero attached hydrogens (tertiary/aromatic N) is 10. The summed E-state index contributed by atoms with van der Waals surface area (Å²) < 4.78 is 30.5. The minimum Gasteiger partial charge on any atom is -0.373 e. The Morgan fingerprint density at radius 1 is 0.642 bits per heavy atom. The molecule has 15 heteroatoms. The maximum Gasteiger partial charge on any atom is 0.181 e. The molecule has 0 bridgehead atoms. The zero-order valence-electron chi connectivity index (χ0n) is 37.9. The summed E-state index contributed by atoms with van der Waals surface area (Å²) in [4.78, 5) is 21.0. The third-order valence-electron chi connectivity index (χ3n) is 13.1. The van der Waals surface area contributed by atoms with Crippen LogP contribution in [0.5, 0.6) is 0 Å². The Morgan fingerprint density at radius 2 is 1.16 bits per heavy atom. The van der Waals surface area contributed by atoms with Gasteiger partial charge in [-0.05, 0) is 96.9 Å². The van der Waals surface area contributed by atoms with Crippen LogP contribution in [0.2, 0.25) is 5.15 Å². The van der Waals surface area contributed by atoms with Gasteiger partial charge in [0.15, 0.2) is 11.3 Å². The average Bonchev–Trinajstić information content (AvgIpc) is 4.13. The lowest BCUT2D eigenvalue weighted by Crippen LogP contribution is -2.24. The highest BCUT2D eigenvalue weighted by Gasteiger charge is 2.29. The number of benzene rings is 2. The zero-order chi connectivity index (χ0) is 46.3. The molecule has 0 spiro atoms. The molecular formula is C52H51ClF2N12. The van der Waals surface area contributed by atoms with E-state index in [1.54, 1.807) is 41.4 Å². The van der Waals surface area contributed by atoms with Crippen LogP contribution >= 0.6 is 11.6 Å². The topological polar surface area (TPSA) is 131 Å². The van der Waals surface area contributed by atoms with Gasteiger partial charge in [0.25, 0.3) is 0 Å².